The molecule has 156 valence electrons. The van der Waals surface area contributed by atoms with Crippen molar-refractivity contribution in [1.82, 2.24) is 5.32 Å². The summed E-state index contributed by atoms with van der Waals surface area (Å²) in [5.41, 5.74) is 0.113. The fourth-order valence-corrected chi connectivity index (χ4v) is 3.44. The van der Waals surface area contributed by atoms with Crippen LogP contribution in [0.5, 0.6) is 5.75 Å². The first-order valence-electron chi connectivity index (χ1n) is 9.75. The van der Waals surface area contributed by atoms with Gasteiger partial charge < -0.3 is 15.4 Å². The largest absolute Gasteiger partial charge is 0.476 e. The average molecular weight is 428 g/mol. The molecule has 1 aliphatic heterocycles. The standard InChI is InChI=1S/C22H22ClN3O4/c1-22(2)21(29)26(12-19(27)25-16-6-4-3-5-15(16)23)17-11-13(7-10-18(17)30-22)20(28)24-14-8-9-14/h3-7,10-11,14H,8-9,12H2,1-2H3,(H,24,28)(H,25,27). The monoisotopic (exact) mass is 427 g/mol. The summed E-state index contributed by atoms with van der Waals surface area (Å²) in [7, 11) is 0. The number of ether oxygens (including phenoxy) is 1. The van der Waals surface area contributed by atoms with E-state index in [9.17, 15) is 14.4 Å². The highest BCUT2D eigenvalue weighted by atomic mass is 35.5. The quantitative estimate of drug-likeness (QED) is 0.765. The number of rotatable bonds is 5. The van der Waals surface area contributed by atoms with Gasteiger partial charge in [0.05, 0.1) is 16.4 Å². The number of anilines is 2. The summed E-state index contributed by atoms with van der Waals surface area (Å²) in [5.74, 6) is -0.553. The van der Waals surface area contributed by atoms with Gasteiger partial charge in [-0.2, -0.15) is 0 Å². The number of nitrogens with zero attached hydrogens (tertiary/aromatic N) is 1. The van der Waals surface area contributed by atoms with Crippen LogP contribution in [0, 0.1) is 0 Å². The Hall–Kier alpha value is -3.06. The van der Waals surface area contributed by atoms with Crippen molar-refractivity contribution in [3.05, 3.63) is 53.1 Å². The molecule has 30 heavy (non-hydrogen) atoms. The lowest BCUT2D eigenvalue weighted by Gasteiger charge is -2.38. The third kappa shape index (κ3) is 4.11. The molecule has 4 rings (SSSR count). The van der Waals surface area contributed by atoms with E-state index in [2.05, 4.69) is 10.6 Å². The van der Waals surface area contributed by atoms with Gasteiger partial charge in [-0.15, -0.1) is 0 Å². The Morgan fingerprint density at radius 3 is 2.63 bits per heavy atom. The third-order valence-electron chi connectivity index (χ3n) is 5.00. The lowest BCUT2D eigenvalue weighted by molar-refractivity contribution is -0.133. The maximum absolute atomic E-state index is 13.0. The van der Waals surface area contributed by atoms with E-state index in [0.717, 1.165) is 12.8 Å². The van der Waals surface area contributed by atoms with Crippen LogP contribution < -0.4 is 20.3 Å². The number of benzene rings is 2. The number of hydrogen-bond donors (Lipinski definition) is 2. The molecule has 7 nitrogen and oxygen atoms in total. The number of halogens is 1. The molecule has 8 heteroatoms. The van der Waals surface area contributed by atoms with E-state index >= 15 is 0 Å². The molecule has 0 aromatic heterocycles. The van der Waals surface area contributed by atoms with Crippen LogP contribution in [-0.4, -0.2) is 35.9 Å². The highest BCUT2D eigenvalue weighted by Crippen LogP contribution is 2.38. The van der Waals surface area contributed by atoms with E-state index in [0.29, 0.717) is 27.7 Å². The molecule has 0 atom stereocenters. The second kappa shape index (κ2) is 7.65. The second-order valence-corrected chi connectivity index (χ2v) is 8.37. The molecule has 2 aromatic rings. The topological polar surface area (TPSA) is 87.7 Å². The van der Waals surface area contributed by atoms with Crippen molar-refractivity contribution < 1.29 is 19.1 Å². The van der Waals surface area contributed by atoms with Gasteiger partial charge in [-0.05, 0) is 57.0 Å². The van der Waals surface area contributed by atoms with Crippen molar-refractivity contribution in [3.63, 3.8) is 0 Å². The number of hydrogen-bond acceptors (Lipinski definition) is 4. The fraction of sp³-hybridized carbons (Fsp3) is 0.318. The van der Waals surface area contributed by atoms with Crippen LogP contribution in [-0.2, 0) is 9.59 Å². The smallest absolute Gasteiger partial charge is 0.271 e. The van der Waals surface area contributed by atoms with E-state index in [1.54, 1.807) is 56.3 Å². The number of amides is 3. The van der Waals surface area contributed by atoms with Crippen LogP contribution in [0.3, 0.4) is 0 Å². The van der Waals surface area contributed by atoms with Crippen molar-refractivity contribution in [2.45, 2.75) is 38.3 Å². The molecule has 2 aliphatic rings. The van der Waals surface area contributed by atoms with Crippen LogP contribution in [0.1, 0.15) is 37.0 Å². The highest BCUT2D eigenvalue weighted by Gasteiger charge is 2.42. The Morgan fingerprint density at radius 1 is 1.20 bits per heavy atom. The van der Waals surface area contributed by atoms with E-state index in [1.165, 1.54) is 4.90 Å². The fourth-order valence-electron chi connectivity index (χ4n) is 3.26. The minimum absolute atomic E-state index is 0.210. The molecule has 0 radical (unpaired) electrons. The van der Waals surface area contributed by atoms with Crippen LogP contribution in [0.25, 0.3) is 0 Å². The number of carbonyl (C=O) groups excluding carboxylic acids is 3. The van der Waals surface area contributed by atoms with Gasteiger partial charge in [-0.3, -0.25) is 19.3 Å². The summed E-state index contributed by atoms with van der Waals surface area (Å²) < 4.78 is 5.83. The lowest BCUT2D eigenvalue weighted by atomic mass is 10.0. The summed E-state index contributed by atoms with van der Waals surface area (Å²) in [6.45, 7) is 3.05. The van der Waals surface area contributed by atoms with Gasteiger partial charge in [0.15, 0.2) is 5.60 Å². The first-order chi connectivity index (χ1) is 14.2. The van der Waals surface area contributed by atoms with Crippen molar-refractivity contribution >= 4 is 40.7 Å². The summed E-state index contributed by atoms with van der Waals surface area (Å²) in [6.07, 6.45) is 1.95. The maximum atomic E-state index is 13.0. The Labute approximate surface area is 179 Å². The van der Waals surface area contributed by atoms with Gasteiger partial charge in [0.25, 0.3) is 11.8 Å². The molecule has 1 heterocycles. The lowest BCUT2D eigenvalue weighted by Crippen LogP contribution is -2.54. The van der Waals surface area contributed by atoms with E-state index in [1.807, 2.05) is 0 Å². The number of carbonyl (C=O) groups is 3. The first-order valence-corrected chi connectivity index (χ1v) is 10.1. The highest BCUT2D eigenvalue weighted by molar-refractivity contribution is 6.33. The van der Waals surface area contributed by atoms with Crippen LogP contribution >= 0.6 is 11.6 Å². The molecule has 1 aliphatic carbocycles. The predicted molar refractivity (Wildman–Crippen MR) is 114 cm³/mol. The van der Waals surface area contributed by atoms with E-state index < -0.39 is 11.5 Å². The average Bonchev–Trinajstić information content (AvgIpc) is 3.51. The van der Waals surface area contributed by atoms with Crippen LogP contribution in [0.4, 0.5) is 11.4 Å². The normalized spacial score (nSPS) is 17.0. The minimum Gasteiger partial charge on any atom is -0.476 e. The zero-order chi connectivity index (χ0) is 21.5. The van der Waals surface area contributed by atoms with Gasteiger partial charge >= 0.3 is 0 Å². The molecule has 0 spiro atoms. The van der Waals surface area contributed by atoms with E-state index in [-0.39, 0.29) is 24.4 Å². The first kappa shape index (κ1) is 20.2. The van der Waals surface area contributed by atoms with Gasteiger partial charge in [-0.1, -0.05) is 23.7 Å². The zero-order valence-electron chi connectivity index (χ0n) is 16.7. The number of para-hydroxylation sites is 1. The van der Waals surface area contributed by atoms with Gasteiger partial charge in [0.2, 0.25) is 5.91 Å². The van der Waals surface area contributed by atoms with E-state index in [4.69, 9.17) is 16.3 Å². The van der Waals surface area contributed by atoms with Gasteiger partial charge in [-0.25, -0.2) is 0 Å². The number of nitrogens with one attached hydrogen (secondary N) is 2. The van der Waals surface area contributed by atoms with Crippen LogP contribution in [0.15, 0.2) is 42.5 Å². The molecule has 0 saturated heterocycles. The summed E-state index contributed by atoms with van der Waals surface area (Å²) in [4.78, 5) is 39.5. The van der Waals surface area contributed by atoms with Crippen molar-refractivity contribution in [2.24, 2.45) is 0 Å². The molecular formula is C22H22ClN3O4. The number of fused-ring (bicyclic) bond motifs is 1. The summed E-state index contributed by atoms with van der Waals surface area (Å²) in [5, 5.41) is 6.05. The van der Waals surface area contributed by atoms with Crippen molar-refractivity contribution in [2.75, 3.05) is 16.8 Å². The third-order valence-corrected chi connectivity index (χ3v) is 5.33. The summed E-state index contributed by atoms with van der Waals surface area (Å²) >= 11 is 6.11. The Morgan fingerprint density at radius 2 is 1.93 bits per heavy atom. The Bertz CT molecular complexity index is 1030. The molecule has 2 N–H and O–H groups in total. The molecule has 0 unspecified atom stereocenters. The van der Waals surface area contributed by atoms with Gasteiger partial charge in [0.1, 0.15) is 12.3 Å². The maximum Gasteiger partial charge on any atom is 0.271 e. The van der Waals surface area contributed by atoms with Crippen LogP contribution in [0.2, 0.25) is 5.02 Å². The summed E-state index contributed by atoms with van der Waals surface area (Å²) in [6, 6.07) is 12.0. The van der Waals surface area contributed by atoms with Crippen molar-refractivity contribution in [3.8, 4) is 5.75 Å². The predicted octanol–water partition coefficient (Wildman–Crippen LogP) is 3.37. The van der Waals surface area contributed by atoms with Crippen molar-refractivity contribution in [1.29, 1.82) is 0 Å². The molecular weight excluding hydrogens is 406 g/mol. The second-order valence-electron chi connectivity index (χ2n) is 7.96. The molecule has 0 bridgehead atoms. The minimum atomic E-state index is -1.14. The zero-order valence-corrected chi connectivity index (χ0v) is 17.5. The van der Waals surface area contributed by atoms with Gasteiger partial charge in [0, 0.05) is 11.6 Å². The molecule has 2 aromatic carbocycles. The molecule has 1 saturated carbocycles. The Balaban J connectivity index is 1.61. The Kier molecular flexibility index (Phi) is 5.15. The molecule has 1 fully saturated rings. The molecule has 3 amide bonds. The SMILES string of the molecule is CC1(C)Oc2ccc(C(=O)NC3CC3)cc2N(CC(=O)Nc2ccccc2Cl)C1=O.